The molecule has 11 heavy (non-hydrogen) atoms. The standard InChI is InChI=1S/C10H22S/c1-7(2)10(8(3)4)9(5)11-6/h7-10H,1-6H3. The zero-order valence-corrected chi connectivity index (χ0v) is 9.53. The molecule has 0 spiro atoms. The Morgan fingerprint density at radius 3 is 1.27 bits per heavy atom. The summed E-state index contributed by atoms with van der Waals surface area (Å²) in [5.74, 6) is 2.50. The van der Waals surface area contributed by atoms with Crippen molar-refractivity contribution in [2.24, 2.45) is 17.8 Å². The van der Waals surface area contributed by atoms with Crippen LogP contribution in [0.3, 0.4) is 0 Å². The molecule has 0 aliphatic carbocycles. The molecule has 0 aromatic heterocycles. The first kappa shape index (κ1) is 11.4. The van der Waals surface area contributed by atoms with Gasteiger partial charge in [-0.3, -0.25) is 0 Å². The van der Waals surface area contributed by atoms with Crippen molar-refractivity contribution >= 4 is 11.8 Å². The highest BCUT2D eigenvalue weighted by Gasteiger charge is 2.22. The molecular weight excluding hydrogens is 152 g/mol. The van der Waals surface area contributed by atoms with Crippen LogP contribution in [0.25, 0.3) is 0 Å². The van der Waals surface area contributed by atoms with Gasteiger partial charge in [-0.2, -0.15) is 11.8 Å². The van der Waals surface area contributed by atoms with Gasteiger partial charge in [0.05, 0.1) is 0 Å². The van der Waals surface area contributed by atoms with Crippen LogP contribution in [0.15, 0.2) is 0 Å². The minimum absolute atomic E-state index is 0.801. The van der Waals surface area contributed by atoms with Crippen LogP contribution in [-0.4, -0.2) is 11.5 Å². The van der Waals surface area contributed by atoms with Gasteiger partial charge < -0.3 is 0 Å². The van der Waals surface area contributed by atoms with Crippen molar-refractivity contribution in [1.82, 2.24) is 0 Å². The molecule has 0 amide bonds. The minimum atomic E-state index is 0.801. The van der Waals surface area contributed by atoms with Gasteiger partial charge in [-0.25, -0.2) is 0 Å². The maximum Gasteiger partial charge on any atom is 0.00490 e. The predicted octanol–water partition coefficient (Wildman–Crippen LogP) is 3.67. The molecule has 0 aliphatic rings. The zero-order chi connectivity index (χ0) is 9.02. The van der Waals surface area contributed by atoms with E-state index in [1.807, 2.05) is 11.8 Å². The van der Waals surface area contributed by atoms with Crippen LogP contribution in [0, 0.1) is 17.8 Å². The summed E-state index contributed by atoms with van der Waals surface area (Å²) in [5.41, 5.74) is 0. The quantitative estimate of drug-likeness (QED) is 0.626. The van der Waals surface area contributed by atoms with Crippen LogP contribution in [0.1, 0.15) is 34.6 Å². The Hall–Kier alpha value is 0.350. The lowest BCUT2D eigenvalue weighted by Gasteiger charge is -2.29. The van der Waals surface area contributed by atoms with Gasteiger partial charge in [0.25, 0.3) is 0 Å². The average Bonchev–Trinajstić information content (AvgIpc) is 1.85. The molecule has 0 heterocycles. The van der Waals surface area contributed by atoms with Crippen molar-refractivity contribution in [2.75, 3.05) is 6.26 Å². The maximum absolute atomic E-state index is 2.34. The van der Waals surface area contributed by atoms with Crippen LogP contribution in [0.2, 0.25) is 0 Å². The Morgan fingerprint density at radius 2 is 1.18 bits per heavy atom. The molecule has 0 N–H and O–H groups in total. The van der Waals surface area contributed by atoms with Gasteiger partial charge in [0.15, 0.2) is 0 Å². The van der Waals surface area contributed by atoms with E-state index in [-0.39, 0.29) is 0 Å². The van der Waals surface area contributed by atoms with E-state index >= 15 is 0 Å². The summed E-state index contributed by atoms with van der Waals surface area (Å²) >= 11 is 1.99. The van der Waals surface area contributed by atoms with Gasteiger partial charge in [-0.1, -0.05) is 34.6 Å². The van der Waals surface area contributed by atoms with Crippen LogP contribution in [0.5, 0.6) is 0 Å². The summed E-state index contributed by atoms with van der Waals surface area (Å²) in [6, 6.07) is 0. The number of thioether (sulfide) groups is 1. The van der Waals surface area contributed by atoms with Crippen molar-refractivity contribution < 1.29 is 0 Å². The van der Waals surface area contributed by atoms with E-state index in [4.69, 9.17) is 0 Å². The first-order valence-electron chi connectivity index (χ1n) is 4.53. The van der Waals surface area contributed by atoms with Crippen molar-refractivity contribution in [3.63, 3.8) is 0 Å². The Labute approximate surface area is 76.1 Å². The highest BCUT2D eigenvalue weighted by molar-refractivity contribution is 7.99. The zero-order valence-electron chi connectivity index (χ0n) is 8.72. The fraction of sp³-hybridized carbons (Fsp3) is 1.00. The molecule has 0 aromatic carbocycles. The lowest BCUT2D eigenvalue weighted by atomic mass is 9.83. The summed E-state index contributed by atoms with van der Waals surface area (Å²) in [7, 11) is 0. The Kier molecular flexibility index (Phi) is 5.24. The normalized spacial score (nSPS) is 15.0. The first-order valence-corrected chi connectivity index (χ1v) is 5.82. The van der Waals surface area contributed by atoms with Crippen LogP contribution < -0.4 is 0 Å². The Bertz CT molecular complexity index is 89.0. The molecule has 0 saturated carbocycles. The van der Waals surface area contributed by atoms with Crippen LogP contribution in [0.4, 0.5) is 0 Å². The molecule has 68 valence electrons. The Balaban J connectivity index is 4.09. The number of rotatable bonds is 4. The van der Waals surface area contributed by atoms with E-state index in [2.05, 4.69) is 40.9 Å². The smallest absolute Gasteiger partial charge is 0.00490 e. The summed E-state index contributed by atoms with van der Waals surface area (Å²) < 4.78 is 0. The highest BCUT2D eigenvalue weighted by Crippen LogP contribution is 2.30. The third kappa shape index (κ3) is 3.50. The van der Waals surface area contributed by atoms with Crippen molar-refractivity contribution in [1.29, 1.82) is 0 Å². The van der Waals surface area contributed by atoms with Crippen LogP contribution in [-0.2, 0) is 0 Å². The second kappa shape index (κ2) is 5.08. The van der Waals surface area contributed by atoms with E-state index in [1.54, 1.807) is 0 Å². The van der Waals surface area contributed by atoms with Gasteiger partial charge in [0.2, 0.25) is 0 Å². The Morgan fingerprint density at radius 1 is 0.818 bits per heavy atom. The largest absolute Gasteiger partial charge is 0.162 e. The molecular formula is C10H22S. The number of hydrogen-bond donors (Lipinski definition) is 0. The second-order valence-electron chi connectivity index (χ2n) is 4.01. The topological polar surface area (TPSA) is 0 Å². The molecule has 0 aliphatic heterocycles. The van der Waals surface area contributed by atoms with Crippen molar-refractivity contribution in [3.8, 4) is 0 Å². The maximum atomic E-state index is 2.34. The van der Waals surface area contributed by atoms with Gasteiger partial charge in [-0.15, -0.1) is 0 Å². The number of hydrogen-bond acceptors (Lipinski definition) is 1. The van der Waals surface area contributed by atoms with Gasteiger partial charge in [-0.05, 0) is 24.0 Å². The van der Waals surface area contributed by atoms with Crippen molar-refractivity contribution in [2.45, 2.75) is 39.9 Å². The van der Waals surface area contributed by atoms with Gasteiger partial charge in [0, 0.05) is 5.25 Å². The van der Waals surface area contributed by atoms with E-state index in [0.29, 0.717) is 0 Å². The summed E-state index contributed by atoms with van der Waals surface area (Å²) in [4.78, 5) is 0. The molecule has 1 atom stereocenters. The molecule has 0 rings (SSSR count). The SMILES string of the molecule is CSC(C)C(C(C)C)C(C)C. The lowest BCUT2D eigenvalue weighted by molar-refractivity contribution is 0.287. The monoisotopic (exact) mass is 174 g/mol. The average molecular weight is 174 g/mol. The summed E-state index contributed by atoms with van der Waals surface area (Å²) in [6.45, 7) is 11.7. The summed E-state index contributed by atoms with van der Waals surface area (Å²) in [6.07, 6.45) is 2.21. The van der Waals surface area contributed by atoms with Gasteiger partial charge >= 0.3 is 0 Å². The molecule has 0 radical (unpaired) electrons. The summed E-state index contributed by atoms with van der Waals surface area (Å²) in [5, 5.41) is 0.801. The fourth-order valence-corrected chi connectivity index (χ4v) is 2.95. The van der Waals surface area contributed by atoms with Crippen molar-refractivity contribution in [3.05, 3.63) is 0 Å². The highest BCUT2D eigenvalue weighted by atomic mass is 32.2. The third-order valence-corrected chi connectivity index (χ3v) is 3.51. The molecule has 1 unspecified atom stereocenters. The fourth-order valence-electron chi connectivity index (χ4n) is 2.01. The van der Waals surface area contributed by atoms with E-state index in [9.17, 15) is 0 Å². The predicted molar refractivity (Wildman–Crippen MR) is 56.1 cm³/mol. The lowest BCUT2D eigenvalue weighted by Crippen LogP contribution is -2.25. The van der Waals surface area contributed by atoms with Crippen LogP contribution >= 0.6 is 11.8 Å². The minimum Gasteiger partial charge on any atom is -0.162 e. The molecule has 0 nitrogen and oxygen atoms in total. The first-order chi connectivity index (χ1) is 5.00. The van der Waals surface area contributed by atoms with E-state index in [0.717, 1.165) is 23.0 Å². The molecule has 0 saturated heterocycles. The van der Waals surface area contributed by atoms with E-state index < -0.39 is 0 Å². The second-order valence-corrected chi connectivity index (χ2v) is 5.22. The molecule has 0 fully saturated rings. The molecule has 0 bridgehead atoms. The van der Waals surface area contributed by atoms with Gasteiger partial charge in [0.1, 0.15) is 0 Å². The molecule has 1 heteroatoms. The molecule has 0 aromatic rings. The third-order valence-electron chi connectivity index (χ3n) is 2.45. The van der Waals surface area contributed by atoms with E-state index in [1.165, 1.54) is 0 Å².